The number of pyridine rings is 1. The number of carbonyl (C=O) groups is 1. The number of amides is 1. The van der Waals surface area contributed by atoms with Gasteiger partial charge in [0.25, 0.3) is 5.91 Å². The Kier molecular flexibility index (Phi) is 6.54. The summed E-state index contributed by atoms with van der Waals surface area (Å²) >= 11 is 2.36. The molecule has 1 aliphatic heterocycles. The highest BCUT2D eigenvalue weighted by Crippen LogP contribution is 2.37. The summed E-state index contributed by atoms with van der Waals surface area (Å²) in [5, 5.41) is 8.84. The maximum Gasteiger partial charge on any atom is 0.313 e. The van der Waals surface area contributed by atoms with Crippen molar-refractivity contribution in [3.63, 3.8) is 0 Å². The van der Waals surface area contributed by atoms with Crippen molar-refractivity contribution < 1.29 is 13.6 Å². The maximum absolute atomic E-state index is 12.9. The average Bonchev–Trinajstić information content (AvgIpc) is 2.67. The molecule has 3 rings (SSSR count). The van der Waals surface area contributed by atoms with E-state index in [4.69, 9.17) is 0 Å². The number of nitrogens with zero attached hydrogens (tertiary/aromatic N) is 2. The van der Waals surface area contributed by atoms with Crippen molar-refractivity contribution in [3.05, 3.63) is 23.9 Å². The molecular formula is C19H26BrF2N5O. The summed E-state index contributed by atoms with van der Waals surface area (Å²) in [5.41, 5.74) is 2.26. The van der Waals surface area contributed by atoms with Gasteiger partial charge >= 0.3 is 4.83 Å². The van der Waals surface area contributed by atoms with Crippen LogP contribution >= 0.6 is 15.9 Å². The summed E-state index contributed by atoms with van der Waals surface area (Å²) in [6.45, 7) is 4.58. The van der Waals surface area contributed by atoms with Crippen LogP contribution in [0.5, 0.6) is 0 Å². The Morgan fingerprint density at radius 2 is 2.14 bits per heavy atom. The lowest BCUT2D eigenvalue weighted by Gasteiger charge is -2.42. The summed E-state index contributed by atoms with van der Waals surface area (Å²) in [5.74, 6) is 0.953. The standard InChI is InChI=1S/C19H26BrF2N5O/c1-3-14-16-15(9-25-17(14)23-2)18(28)26-11-27(16)13-6-4-12(5-7-13)8-24-10-19(20,21)22/h3,9,12-13,24H,1,4-8,10-11H2,2H3,(H,23,25)(H,26,28)/t12-,13-. The molecule has 1 aliphatic carbocycles. The number of fused-ring (bicyclic) bond motifs is 1. The van der Waals surface area contributed by atoms with Gasteiger partial charge in [0.2, 0.25) is 0 Å². The van der Waals surface area contributed by atoms with E-state index >= 15 is 0 Å². The van der Waals surface area contributed by atoms with Crippen LogP contribution < -0.4 is 20.9 Å². The van der Waals surface area contributed by atoms with Crippen molar-refractivity contribution >= 4 is 39.4 Å². The molecule has 0 radical (unpaired) electrons. The van der Waals surface area contributed by atoms with E-state index in [9.17, 15) is 13.6 Å². The van der Waals surface area contributed by atoms with Gasteiger partial charge in [0, 0.05) is 24.8 Å². The van der Waals surface area contributed by atoms with Crippen LogP contribution in [0.4, 0.5) is 20.3 Å². The van der Waals surface area contributed by atoms with Crippen molar-refractivity contribution in [2.24, 2.45) is 5.92 Å². The number of halogens is 3. The second-order valence-corrected chi connectivity index (χ2v) is 8.45. The van der Waals surface area contributed by atoms with E-state index < -0.39 is 4.83 Å². The molecular weight excluding hydrogens is 432 g/mol. The third-order valence-corrected chi connectivity index (χ3v) is 5.77. The zero-order valence-electron chi connectivity index (χ0n) is 15.9. The Labute approximate surface area is 172 Å². The second-order valence-electron chi connectivity index (χ2n) is 7.29. The van der Waals surface area contributed by atoms with E-state index in [0.29, 0.717) is 30.5 Å². The Morgan fingerprint density at radius 1 is 1.43 bits per heavy atom. The van der Waals surface area contributed by atoms with Gasteiger partial charge in [-0.25, -0.2) is 4.98 Å². The minimum atomic E-state index is -2.86. The summed E-state index contributed by atoms with van der Waals surface area (Å²) in [6, 6.07) is 0.277. The Morgan fingerprint density at radius 3 is 2.75 bits per heavy atom. The number of anilines is 2. The van der Waals surface area contributed by atoms with E-state index in [-0.39, 0.29) is 18.5 Å². The zero-order chi connectivity index (χ0) is 20.3. The van der Waals surface area contributed by atoms with Gasteiger partial charge < -0.3 is 20.9 Å². The van der Waals surface area contributed by atoms with Crippen LogP contribution in [-0.2, 0) is 0 Å². The van der Waals surface area contributed by atoms with Crippen LogP contribution in [0.25, 0.3) is 6.08 Å². The van der Waals surface area contributed by atoms with Crippen molar-refractivity contribution in [3.8, 4) is 0 Å². The van der Waals surface area contributed by atoms with Gasteiger partial charge in [0.15, 0.2) is 0 Å². The van der Waals surface area contributed by atoms with Gasteiger partial charge in [-0.2, -0.15) is 8.78 Å². The van der Waals surface area contributed by atoms with Gasteiger partial charge in [-0.1, -0.05) is 12.7 Å². The Bertz CT molecular complexity index is 732. The zero-order valence-corrected chi connectivity index (χ0v) is 17.5. The van der Waals surface area contributed by atoms with Gasteiger partial charge in [-0.3, -0.25) is 4.79 Å². The Hall–Kier alpha value is -1.74. The topological polar surface area (TPSA) is 69.3 Å². The van der Waals surface area contributed by atoms with Crippen LogP contribution in [0.2, 0.25) is 0 Å². The summed E-state index contributed by atoms with van der Waals surface area (Å²) in [6.07, 6.45) is 7.14. The molecule has 0 saturated heterocycles. The maximum atomic E-state index is 12.9. The number of carbonyl (C=O) groups excluding carboxylic acids is 1. The first-order chi connectivity index (χ1) is 13.3. The molecule has 1 saturated carbocycles. The third kappa shape index (κ3) is 4.63. The SMILES string of the molecule is C=Cc1c(NC)ncc2c1N([C@H]1CC[C@H](CNCC(F)(F)Br)CC1)CNC2=O. The van der Waals surface area contributed by atoms with Crippen molar-refractivity contribution in [1.82, 2.24) is 15.6 Å². The molecule has 0 aromatic carbocycles. The highest BCUT2D eigenvalue weighted by Gasteiger charge is 2.33. The van der Waals surface area contributed by atoms with Crippen LogP contribution in [0.1, 0.15) is 41.6 Å². The highest BCUT2D eigenvalue weighted by atomic mass is 79.9. The number of alkyl halides is 3. The van der Waals surface area contributed by atoms with Crippen molar-refractivity contribution in [1.29, 1.82) is 0 Å². The molecule has 3 N–H and O–H groups in total. The third-order valence-electron chi connectivity index (χ3n) is 5.49. The molecule has 6 nitrogen and oxygen atoms in total. The first-order valence-corrected chi connectivity index (χ1v) is 10.3. The molecule has 1 aromatic heterocycles. The molecule has 2 heterocycles. The fraction of sp³-hybridized carbons (Fsp3) is 0.579. The molecule has 0 atom stereocenters. The molecule has 0 spiro atoms. The molecule has 0 unspecified atom stereocenters. The van der Waals surface area contributed by atoms with Crippen molar-refractivity contribution in [2.75, 3.05) is 37.0 Å². The average molecular weight is 458 g/mol. The minimum absolute atomic E-state index is 0.127. The predicted molar refractivity (Wildman–Crippen MR) is 111 cm³/mol. The molecule has 28 heavy (non-hydrogen) atoms. The predicted octanol–water partition coefficient (Wildman–Crippen LogP) is 3.41. The fourth-order valence-electron chi connectivity index (χ4n) is 4.11. The molecule has 1 aromatic rings. The monoisotopic (exact) mass is 457 g/mol. The molecule has 0 bridgehead atoms. The van der Waals surface area contributed by atoms with E-state index in [0.717, 1.165) is 36.9 Å². The lowest BCUT2D eigenvalue weighted by atomic mass is 9.84. The van der Waals surface area contributed by atoms with Crippen LogP contribution in [-0.4, -0.2) is 48.6 Å². The van der Waals surface area contributed by atoms with Crippen LogP contribution in [0.3, 0.4) is 0 Å². The van der Waals surface area contributed by atoms with Gasteiger partial charge in [0.05, 0.1) is 24.5 Å². The fourth-order valence-corrected chi connectivity index (χ4v) is 4.31. The largest absolute Gasteiger partial charge is 0.373 e. The Balaban J connectivity index is 1.70. The quantitative estimate of drug-likeness (QED) is 0.547. The molecule has 1 fully saturated rings. The minimum Gasteiger partial charge on any atom is -0.373 e. The van der Waals surface area contributed by atoms with Gasteiger partial charge in [-0.05, 0) is 54.1 Å². The van der Waals surface area contributed by atoms with E-state index in [1.54, 1.807) is 19.3 Å². The molecule has 2 aliphatic rings. The lowest BCUT2D eigenvalue weighted by Crippen LogP contribution is -2.50. The van der Waals surface area contributed by atoms with Crippen LogP contribution in [0, 0.1) is 5.92 Å². The van der Waals surface area contributed by atoms with Gasteiger partial charge in [-0.15, -0.1) is 0 Å². The summed E-state index contributed by atoms with van der Waals surface area (Å²) in [4.78, 5) is 16.0. The normalized spacial score (nSPS) is 22.4. The lowest BCUT2D eigenvalue weighted by molar-refractivity contribution is 0.0943. The molecule has 1 amide bonds. The van der Waals surface area contributed by atoms with E-state index in [2.05, 4.69) is 48.3 Å². The van der Waals surface area contributed by atoms with E-state index in [1.807, 2.05) is 0 Å². The molecule has 9 heteroatoms. The number of hydrogen-bond acceptors (Lipinski definition) is 5. The van der Waals surface area contributed by atoms with Gasteiger partial charge in [0.1, 0.15) is 5.82 Å². The first-order valence-electron chi connectivity index (χ1n) is 9.49. The van der Waals surface area contributed by atoms with E-state index in [1.165, 1.54) is 0 Å². The first kappa shape index (κ1) is 21.0. The van der Waals surface area contributed by atoms with Crippen molar-refractivity contribution in [2.45, 2.75) is 36.6 Å². The number of hydrogen-bond donors (Lipinski definition) is 3. The second kappa shape index (κ2) is 8.73. The smallest absolute Gasteiger partial charge is 0.313 e. The summed E-state index contributed by atoms with van der Waals surface area (Å²) in [7, 11) is 1.80. The van der Waals surface area contributed by atoms with Crippen LogP contribution in [0.15, 0.2) is 12.8 Å². The highest BCUT2D eigenvalue weighted by molar-refractivity contribution is 9.10. The molecule has 154 valence electrons. The number of nitrogens with one attached hydrogen (secondary N) is 3. The number of rotatable bonds is 7. The summed E-state index contributed by atoms with van der Waals surface area (Å²) < 4.78 is 25.8. The number of aromatic nitrogens is 1.